The summed E-state index contributed by atoms with van der Waals surface area (Å²) in [5.41, 5.74) is 0.325. The molecule has 0 aliphatic heterocycles. The second-order valence-corrected chi connectivity index (χ2v) is 5.20. The van der Waals surface area contributed by atoms with Crippen LogP contribution in [0.4, 0.5) is 4.39 Å². The van der Waals surface area contributed by atoms with Crippen LogP contribution in [0, 0.1) is 11.7 Å². The summed E-state index contributed by atoms with van der Waals surface area (Å²) >= 11 is 0. The summed E-state index contributed by atoms with van der Waals surface area (Å²) < 4.78 is 13.4. The summed E-state index contributed by atoms with van der Waals surface area (Å²) in [5.74, 6) is -2.21. The van der Waals surface area contributed by atoms with Crippen LogP contribution in [0.15, 0.2) is 30.3 Å². The molecule has 1 aliphatic rings. The molecule has 0 radical (unpaired) electrons. The van der Waals surface area contributed by atoms with E-state index < -0.39 is 23.6 Å². The maximum Gasteiger partial charge on any atom is 0.308 e. The van der Waals surface area contributed by atoms with Crippen molar-refractivity contribution in [3.8, 4) is 0 Å². The van der Waals surface area contributed by atoms with Crippen LogP contribution in [0.2, 0.25) is 0 Å². The molecule has 21 heavy (non-hydrogen) atoms. The standard InChI is InChI=1S/C16H18FNO3/c17-13-7-3-1-5-11(13)9-10-15(19)18-14-8-4-2-6-12(14)16(20)21/h1,3,5,7,9-10,12,14H,2,4,6,8H2,(H,18,19)(H,20,21). The van der Waals surface area contributed by atoms with Crippen molar-refractivity contribution in [3.05, 3.63) is 41.7 Å². The molecular formula is C16H18FNO3. The SMILES string of the molecule is O=C(C=Cc1ccccc1F)NC1CCCCC1C(=O)O. The molecule has 0 saturated heterocycles. The van der Waals surface area contributed by atoms with E-state index in [9.17, 15) is 14.0 Å². The molecule has 1 fully saturated rings. The van der Waals surface area contributed by atoms with Crippen LogP contribution in [0.5, 0.6) is 0 Å². The van der Waals surface area contributed by atoms with E-state index in [4.69, 9.17) is 5.11 Å². The average molecular weight is 291 g/mol. The van der Waals surface area contributed by atoms with E-state index in [1.807, 2.05) is 0 Å². The molecular weight excluding hydrogens is 273 g/mol. The van der Waals surface area contributed by atoms with Gasteiger partial charge in [0.15, 0.2) is 0 Å². The second kappa shape index (κ2) is 7.02. The molecule has 2 unspecified atom stereocenters. The third kappa shape index (κ3) is 4.15. The van der Waals surface area contributed by atoms with Gasteiger partial charge in [0, 0.05) is 17.7 Å². The van der Waals surface area contributed by atoms with Gasteiger partial charge in [0.05, 0.1) is 5.92 Å². The Labute approximate surface area is 122 Å². The minimum absolute atomic E-state index is 0.325. The monoisotopic (exact) mass is 291 g/mol. The Morgan fingerprint density at radius 3 is 2.67 bits per heavy atom. The fourth-order valence-corrected chi connectivity index (χ4v) is 2.61. The molecule has 0 heterocycles. The van der Waals surface area contributed by atoms with Gasteiger partial charge in [0.2, 0.25) is 5.91 Å². The van der Waals surface area contributed by atoms with Crippen LogP contribution in [-0.2, 0) is 9.59 Å². The lowest BCUT2D eigenvalue weighted by molar-refractivity contribution is -0.144. The zero-order chi connectivity index (χ0) is 15.2. The fourth-order valence-electron chi connectivity index (χ4n) is 2.61. The van der Waals surface area contributed by atoms with Crippen molar-refractivity contribution in [1.82, 2.24) is 5.32 Å². The van der Waals surface area contributed by atoms with Crippen LogP contribution in [0.25, 0.3) is 6.08 Å². The number of hydrogen-bond acceptors (Lipinski definition) is 2. The lowest BCUT2D eigenvalue weighted by atomic mass is 9.84. The van der Waals surface area contributed by atoms with Crippen LogP contribution in [0.1, 0.15) is 31.2 Å². The van der Waals surface area contributed by atoms with Crippen molar-refractivity contribution in [2.45, 2.75) is 31.7 Å². The molecule has 0 aromatic heterocycles. The predicted molar refractivity (Wildman–Crippen MR) is 77.0 cm³/mol. The summed E-state index contributed by atoms with van der Waals surface area (Å²) in [7, 11) is 0. The lowest BCUT2D eigenvalue weighted by Gasteiger charge is -2.28. The van der Waals surface area contributed by atoms with E-state index in [1.165, 1.54) is 18.2 Å². The highest BCUT2D eigenvalue weighted by Crippen LogP contribution is 2.24. The van der Waals surface area contributed by atoms with E-state index in [1.54, 1.807) is 18.2 Å². The lowest BCUT2D eigenvalue weighted by Crippen LogP contribution is -2.44. The van der Waals surface area contributed by atoms with Crippen LogP contribution in [0.3, 0.4) is 0 Å². The van der Waals surface area contributed by atoms with Gasteiger partial charge in [-0.2, -0.15) is 0 Å². The molecule has 1 aromatic rings. The van der Waals surface area contributed by atoms with Gasteiger partial charge in [-0.3, -0.25) is 9.59 Å². The molecule has 1 saturated carbocycles. The number of carboxylic acids is 1. The summed E-state index contributed by atoms with van der Waals surface area (Å²) in [5, 5.41) is 11.9. The number of halogens is 1. The van der Waals surface area contributed by atoms with Gasteiger partial charge >= 0.3 is 5.97 Å². The molecule has 2 rings (SSSR count). The van der Waals surface area contributed by atoms with Crippen molar-refractivity contribution in [1.29, 1.82) is 0 Å². The molecule has 5 heteroatoms. The van der Waals surface area contributed by atoms with E-state index in [0.717, 1.165) is 12.8 Å². The first-order valence-electron chi connectivity index (χ1n) is 7.04. The number of amides is 1. The summed E-state index contributed by atoms with van der Waals surface area (Å²) in [4.78, 5) is 23.0. The molecule has 0 bridgehead atoms. The topological polar surface area (TPSA) is 66.4 Å². The Kier molecular flexibility index (Phi) is 5.09. The number of rotatable bonds is 4. The van der Waals surface area contributed by atoms with E-state index >= 15 is 0 Å². The molecule has 0 spiro atoms. The van der Waals surface area contributed by atoms with Crippen molar-refractivity contribution >= 4 is 18.0 Å². The van der Waals surface area contributed by atoms with Crippen molar-refractivity contribution in [3.63, 3.8) is 0 Å². The Balaban J connectivity index is 1.97. The normalized spacial score (nSPS) is 22.1. The molecule has 1 aromatic carbocycles. The molecule has 2 atom stereocenters. The molecule has 4 nitrogen and oxygen atoms in total. The van der Waals surface area contributed by atoms with Gasteiger partial charge < -0.3 is 10.4 Å². The van der Waals surface area contributed by atoms with Gasteiger partial charge in [0.25, 0.3) is 0 Å². The quantitative estimate of drug-likeness (QED) is 0.838. The van der Waals surface area contributed by atoms with Crippen molar-refractivity contribution in [2.75, 3.05) is 0 Å². The van der Waals surface area contributed by atoms with Crippen molar-refractivity contribution in [2.24, 2.45) is 5.92 Å². The third-order valence-corrected chi connectivity index (χ3v) is 3.73. The predicted octanol–water partition coefficient (Wildman–Crippen LogP) is 2.60. The van der Waals surface area contributed by atoms with Gasteiger partial charge in [-0.05, 0) is 25.0 Å². The third-order valence-electron chi connectivity index (χ3n) is 3.73. The maximum atomic E-state index is 13.4. The first-order valence-corrected chi connectivity index (χ1v) is 7.04. The van der Waals surface area contributed by atoms with E-state index in [2.05, 4.69) is 5.32 Å². The number of carboxylic acid groups (broad SMARTS) is 1. The number of benzene rings is 1. The molecule has 112 valence electrons. The maximum absolute atomic E-state index is 13.4. The molecule has 1 aliphatic carbocycles. The highest BCUT2D eigenvalue weighted by molar-refractivity contribution is 5.92. The zero-order valence-electron chi connectivity index (χ0n) is 11.6. The second-order valence-electron chi connectivity index (χ2n) is 5.20. The zero-order valence-corrected chi connectivity index (χ0v) is 11.6. The van der Waals surface area contributed by atoms with Crippen molar-refractivity contribution < 1.29 is 19.1 Å². The van der Waals surface area contributed by atoms with Gasteiger partial charge in [0.1, 0.15) is 5.82 Å². The number of hydrogen-bond donors (Lipinski definition) is 2. The minimum atomic E-state index is -0.877. The summed E-state index contributed by atoms with van der Waals surface area (Å²) in [6.45, 7) is 0. The van der Waals surface area contributed by atoms with Gasteiger partial charge in [-0.15, -0.1) is 0 Å². The van der Waals surface area contributed by atoms with E-state index in [-0.39, 0.29) is 6.04 Å². The highest BCUT2D eigenvalue weighted by Gasteiger charge is 2.31. The smallest absolute Gasteiger partial charge is 0.308 e. The number of aliphatic carboxylic acids is 1. The van der Waals surface area contributed by atoms with E-state index in [0.29, 0.717) is 18.4 Å². The van der Waals surface area contributed by atoms with Crippen LogP contribution < -0.4 is 5.32 Å². The number of carbonyl (C=O) groups is 2. The Bertz CT molecular complexity index is 556. The molecule has 1 amide bonds. The van der Waals surface area contributed by atoms with Gasteiger partial charge in [-0.1, -0.05) is 31.0 Å². The van der Waals surface area contributed by atoms with Crippen LogP contribution >= 0.6 is 0 Å². The number of nitrogens with one attached hydrogen (secondary N) is 1. The first kappa shape index (κ1) is 15.2. The van der Waals surface area contributed by atoms with Gasteiger partial charge in [-0.25, -0.2) is 4.39 Å². The Morgan fingerprint density at radius 1 is 1.24 bits per heavy atom. The van der Waals surface area contributed by atoms with Crippen LogP contribution in [-0.4, -0.2) is 23.0 Å². The summed E-state index contributed by atoms with van der Waals surface area (Å²) in [6, 6.07) is 5.79. The fraction of sp³-hybridized carbons (Fsp3) is 0.375. The largest absolute Gasteiger partial charge is 0.481 e. The summed E-state index contributed by atoms with van der Waals surface area (Å²) in [6.07, 6.45) is 5.66. The Hall–Kier alpha value is -2.17. The Morgan fingerprint density at radius 2 is 1.95 bits per heavy atom. The average Bonchev–Trinajstić information content (AvgIpc) is 2.47. The highest BCUT2D eigenvalue weighted by atomic mass is 19.1. The number of carbonyl (C=O) groups excluding carboxylic acids is 1. The molecule has 2 N–H and O–H groups in total. The first-order chi connectivity index (χ1) is 10.1. The minimum Gasteiger partial charge on any atom is -0.481 e.